The van der Waals surface area contributed by atoms with Crippen LogP contribution in [0, 0.1) is 5.82 Å². The Hall–Kier alpha value is -3.97. The van der Waals surface area contributed by atoms with Crippen molar-refractivity contribution in [3.05, 3.63) is 65.6 Å². The summed E-state index contributed by atoms with van der Waals surface area (Å²) in [4.78, 5) is 36.0. The van der Waals surface area contributed by atoms with Crippen LogP contribution in [0.5, 0.6) is 6.01 Å². The van der Waals surface area contributed by atoms with Crippen molar-refractivity contribution in [1.29, 1.82) is 0 Å². The van der Waals surface area contributed by atoms with E-state index < -0.39 is 17.5 Å². The number of nitrogens with zero attached hydrogens (tertiary/aromatic N) is 7. The fourth-order valence-electron chi connectivity index (χ4n) is 9.01. The normalized spacial score (nSPS) is 26.7. The van der Waals surface area contributed by atoms with E-state index in [1.165, 1.54) is 0 Å². The van der Waals surface area contributed by atoms with Crippen LogP contribution < -0.4 is 9.64 Å². The summed E-state index contributed by atoms with van der Waals surface area (Å²) in [5.41, 5.74) is 0.387. The molecule has 2 aromatic carbocycles. The summed E-state index contributed by atoms with van der Waals surface area (Å²) < 4.78 is 43.2. The number of fused-ring (bicyclic) bond motifs is 5. The number of aromatic nitrogens is 3. The fourth-order valence-corrected chi connectivity index (χ4v) is 9.30. The number of anilines is 1. The van der Waals surface area contributed by atoms with Gasteiger partial charge in [-0.25, -0.2) is 8.78 Å². The number of halogens is 3. The summed E-state index contributed by atoms with van der Waals surface area (Å²) >= 11 is 6.64. The van der Waals surface area contributed by atoms with Crippen molar-refractivity contribution in [2.45, 2.75) is 49.5 Å². The average Bonchev–Trinajstić information content (AvgIpc) is 3.92. The van der Waals surface area contributed by atoms with Crippen molar-refractivity contribution in [1.82, 2.24) is 29.7 Å². The third kappa shape index (κ3) is 5.90. The Morgan fingerprint density at radius 3 is 2.75 bits per heavy atom. The highest BCUT2D eigenvalue weighted by molar-refractivity contribution is 6.36. The van der Waals surface area contributed by atoms with E-state index in [0.717, 1.165) is 50.8 Å². The monoisotopic (exact) mass is 715 g/mol. The van der Waals surface area contributed by atoms with E-state index >= 15 is 4.39 Å². The van der Waals surface area contributed by atoms with Gasteiger partial charge in [-0.2, -0.15) is 9.97 Å². The Morgan fingerprint density at radius 2 is 1.92 bits per heavy atom. The molecule has 5 aliphatic heterocycles. The molecule has 0 N–H and O–H groups in total. The van der Waals surface area contributed by atoms with Gasteiger partial charge in [-0.15, -0.1) is 0 Å². The number of amides is 1. The Morgan fingerprint density at radius 1 is 1.08 bits per heavy atom. The van der Waals surface area contributed by atoms with Crippen LogP contribution in [-0.2, 0) is 9.53 Å². The van der Waals surface area contributed by atoms with E-state index in [4.69, 9.17) is 26.1 Å². The van der Waals surface area contributed by atoms with Gasteiger partial charge in [0.15, 0.2) is 5.82 Å². The molecule has 5 fully saturated rings. The summed E-state index contributed by atoms with van der Waals surface area (Å²) in [5.74, 6) is -0.0616. The lowest BCUT2D eigenvalue weighted by Crippen LogP contribution is -2.48. The van der Waals surface area contributed by atoms with Gasteiger partial charge in [0.2, 0.25) is 5.91 Å². The molecular formula is C38H40ClF2N7O3. The van der Waals surface area contributed by atoms with Crippen LogP contribution in [-0.4, -0.2) is 125 Å². The Kier molecular flexibility index (Phi) is 8.53. The average molecular weight is 716 g/mol. The van der Waals surface area contributed by atoms with Gasteiger partial charge in [0.1, 0.15) is 29.8 Å². The molecule has 2 bridgehead atoms. The maximum absolute atomic E-state index is 16.9. The van der Waals surface area contributed by atoms with Crippen LogP contribution in [0.15, 0.2) is 54.7 Å². The molecule has 1 amide bonds. The maximum Gasteiger partial charge on any atom is 0.319 e. The van der Waals surface area contributed by atoms with Gasteiger partial charge in [-0.05, 0) is 37.3 Å². The van der Waals surface area contributed by atoms with Crippen molar-refractivity contribution in [2.24, 2.45) is 0 Å². The maximum atomic E-state index is 16.9. The van der Waals surface area contributed by atoms with Gasteiger partial charge in [0.05, 0.1) is 36.2 Å². The predicted molar refractivity (Wildman–Crippen MR) is 191 cm³/mol. The van der Waals surface area contributed by atoms with Crippen molar-refractivity contribution in [2.75, 3.05) is 70.5 Å². The summed E-state index contributed by atoms with van der Waals surface area (Å²) in [6.07, 6.45) is 7.35. The van der Waals surface area contributed by atoms with Gasteiger partial charge in [0.25, 0.3) is 0 Å². The molecule has 51 heavy (non-hydrogen) atoms. The van der Waals surface area contributed by atoms with Crippen LogP contribution >= 0.6 is 11.6 Å². The van der Waals surface area contributed by atoms with E-state index in [-0.39, 0.29) is 41.8 Å². The number of ether oxygens (including phenoxy) is 2. The molecule has 4 atom stereocenters. The highest BCUT2D eigenvalue weighted by atomic mass is 35.5. The zero-order chi connectivity index (χ0) is 34.7. The van der Waals surface area contributed by atoms with E-state index in [2.05, 4.69) is 24.7 Å². The number of hydrogen-bond acceptors (Lipinski definition) is 9. The second kappa shape index (κ2) is 13.2. The first kappa shape index (κ1) is 32.9. The van der Waals surface area contributed by atoms with Gasteiger partial charge in [-0.3, -0.25) is 19.6 Å². The highest BCUT2D eigenvalue weighted by Gasteiger charge is 2.50. The second-order valence-electron chi connectivity index (χ2n) is 14.5. The zero-order valence-corrected chi connectivity index (χ0v) is 29.1. The first-order valence-corrected chi connectivity index (χ1v) is 18.3. The van der Waals surface area contributed by atoms with Crippen molar-refractivity contribution < 1.29 is 23.0 Å². The van der Waals surface area contributed by atoms with Gasteiger partial charge in [0, 0.05) is 73.9 Å². The van der Waals surface area contributed by atoms with Crippen LogP contribution in [0.25, 0.3) is 32.9 Å². The van der Waals surface area contributed by atoms with Gasteiger partial charge >= 0.3 is 6.01 Å². The van der Waals surface area contributed by atoms with Crippen molar-refractivity contribution in [3.8, 4) is 17.3 Å². The quantitative estimate of drug-likeness (QED) is 0.227. The lowest BCUT2D eigenvalue weighted by Gasteiger charge is -2.35. The number of piperazine rings is 1. The Balaban J connectivity index is 1.04. The highest BCUT2D eigenvalue weighted by Crippen LogP contribution is 2.43. The molecule has 7 heterocycles. The number of rotatable bonds is 8. The number of pyridine rings is 1. The third-order valence-electron chi connectivity index (χ3n) is 11.5. The molecule has 2 aromatic heterocycles. The minimum absolute atomic E-state index is 0.00110. The van der Waals surface area contributed by atoms with Crippen LogP contribution in [0.2, 0.25) is 5.02 Å². The van der Waals surface area contributed by atoms with Gasteiger partial charge in [-0.1, -0.05) is 48.0 Å². The summed E-state index contributed by atoms with van der Waals surface area (Å²) in [6.45, 7) is 6.41. The number of morpholine rings is 1. The summed E-state index contributed by atoms with van der Waals surface area (Å²) in [7, 11) is 0. The molecular weight excluding hydrogens is 676 g/mol. The first-order chi connectivity index (χ1) is 24.9. The minimum Gasteiger partial charge on any atom is -0.461 e. The molecule has 266 valence electrons. The molecule has 0 radical (unpaired) electrons. The predicted octanol–water partition coefficient (Wildman–Crippen LogP) is 5.27. The van der Waals surface area contributed by atoms with Crippen molar-refractivity contribution in [3.63, 3.8) is 0 Å². The van der Waals surface area contributed by atoms with Gasteiger partial charge < -0.3 is 19.3 Å². The van der Waals surface area contributed by atoms with E-state index in [1.54, 1.807) is 18.3 Å². The molecule has 10 nitrogen and oxygen atoms in total. The van der Waals surface area contributed by atoms with Crippen LogP contribution in [0.4, 0.5) is 14.6 Å². The Labute approximate surface area is 300 Å². The fraction of sp³-hybridized carbons (Fsp3) is 0.474. The SMILES string of the molecule is O=C(/C=C/CN1CCOCC1)N1C[C@@H]2C[C@H]1CN2c1nc(OC[C@@]23CCCN2C[C@H](F)C3)nc2c(F)c(-c3cccc4cccc(Cl)c34)ncc12. The number of carbonyl (C=O) groups excluding carboxylic acids is 1. The van der Waals surface area contributed by atoms with Crippen LogP contribution in [0.1, 0.15) is 25.7 Å². The molecule has 0 unspecified atom stereocenters. The lowest BCUT2D eigenvalue weighted by molar-refractivity contribution is -0.127. The molecule has 0 saturated carbocycles. The molecule has 13 heteroatoms. The number of alkyl halides is 1. The first-order valence-electron chi connectivity index (χ1n) is 18.0. The smallest absolute Gasteiger partial charge is 0.319 e. The largest absolute Gasteiger partial charge is 0.461 e. The standard InChI is InChI=1S/C38H40ClF2N7O3/c39-30-8-2-6-24-5-1-7-28(32(24)30)34-33(41)35-29(19-42-34)36(44-37(43-35)51-23-38-10-4-12-46(38)20-25(40)18-38)48-22-26-17-27(48)21-47(26)31(49)9-3-11-45-13-15-50-16-14-45/h1-3,5-9,19,25-27H,4,10-18,20-23H2/b9-3+/t25-,26+,27+,38+/m1/s1. The lowest BCUT2D eigenvalue weighted by atomic mass is 9.95. The molecule has 0 spiro atoms. The summed E-state index contributed by atoms with van der Waals surface area (Å²) in [5, 5.41) is 2.56. The second-order valence-corrected chi connectivity index (χ2v) is 14.9. The molecule has 0 aliphatic carbocycles. The topological polar surface area (TPSA) is 87.2 Å². The van der Waals surface area contributed by atoms with E-state index in [1.807, 2.05) is 41.3 Å². The molecule has 4 aromatic rings. The van der Waals surface area contributed by atoms with Crippen molar-refractivity contribution >= 4 is 45.0 Å². The Bertz CT molecular complexity index is 2020. The van der Waals surface area contributed by atoms with Crippen LogP contribution in [0.3, 0.4) is 0 Å². The zero-order valence-electron chi connectivity index (χ0n) is 28.3. The number of likely N-dealkylation sites (tertiary alicyclic amines) is 1. The minimum atomic E-state index is -0.902. The molecule has 9 rings (SSSR count). The van der Waals surface area contributed by atoms with E-state index in [9.17, 15) is 9.18 Å². The number of hydrogen-bond donors (Lipinski definition) is 0. The molecule has 5 aliphatic rings. The van der Waals surface area contributed by atoms with E-state index in [0.29, 0.717) is 66.4 Å². The number of benzene rings is 2. The third-order valence-corrected chi connectivity index (χ3v) is 11.8. The number of carbonyl (C=O) groups is 1. The summed E-state index contributed by atoms with van der Waals surface area (Å²) in [6, 6.07) is 11.2. The molecule has 5 saturated heterocycles.